The van der Waals surface area contributed by atoms with Gasteiger partial charge in [0.05, 0.1) is 11.7 Å². The van der Waals surface area contributed by atoms with Crippen molar-refractivity contribution < 1.29 is 13.6 Å². The minimum absolute atomic E-state index is 0.266. The summed E-state index contributed by atoms with van der Waals surface area (Å²) in [5, 5.41) is 6.48. The van der Waals surface area contributed by atoms with Gasteiger partial charge in [0.15, 0.2) is 0 Å². The molecule has 0 spiro atoms. The average Bonchev–Trinajstić information content (AvgIpc) is 2.54. The maximum atomic E-state index is 13.5. The van der Waals surface area contributed by atoms with Crippen molar-refractivity contribution in [1.82, 2.24) is 9.78 Å². The second kappa shape index (κ2) is 5.96. The number of hydrogen-bond donors (Lipinski definition) is 1. The fourth-order valence-corrected chi connectivity index (χ4v) is 2.22. The molecule has 1 aromatic heterocycles. The maximum Gasteiger partial charge on any atom is 0.246 e. The predicted octanol–water partition coefficient (Wildman–Crippen LogP) is 2.31. The SMILES string of the molecule is O=C(Cn1ncc(=O)c2ccccc21)Nc1c(F)cccc1F. The summed E-state index contributed by atoms with van der Waals surface area (Å²) in [5.41, 5.74) is -0.315. The van der Waals surface area contributed by atoms with E-state index in [0.717, 1.165) is 18.3 Å². The molecule has 5 nitrogen and oxygen atoms in total. The summed E-state index contributed by atoms with van der Waals surface area (Å²) in [5.74, 6) is -2.39. The van der Waals surface area contributed by atoms with Gasteiger partial charge in [0.2, 0.25) is 11.3 Å². The van der Waals surface area contributed by atoms with Crippen molar-refractivity contribution in [1.29, 1.82) is 0 Å². The van der Waals surface area contributed by atoms with Crippen molar-refractivity contribution in [2.75, 3.05) is 5.32 Å². The van der Waals surface area contributed by atoms with Crippen LogP contribution in [0.25, 0.3) is 10.9 Å². The van der Waals surface area contributed by atoms with Gasteiger partial charge >= 0.3 is 0 Å². The lowest BCUT2D eigenvalue weighted by Crippen LogP contribution is -2.23. The van der Waals surface area contributed by atoms with E-state index in [0.29, 0.717) is 10.9 Å². The Morgan fingerprint density at radius 2 is 1.78 bits per heavy atom. The van der Waals surface area contributed by atoms with E-state index in [1.165, 1.54) is 10.7 Å². The summed E-state index contributed by atoms with van der Waals surface area (Å²) < 4.78 is 28.4. The fraction of sp³-hybridized carbons (Fsp3) is 0.0625. The number of benzene rings is 2. The predicted molar refractivity (Wildman–Crippen MR) is 81.0 cm³/mol. The number of nitrogens with one attached hydrogen (secondary N) is 1. The standard InChI is InChI=1S/C16H11F2N3O2/c17-11-5-3-6-12(18)16(11)20-15(23)9-21-13-7-2-1-4-10(13)14(22)8-19-21/h1-8H,9H2,(H,20,23). The molecule has 0 aliphatic carbocycles. The number of aromatic nitrogens is 2. The molecule has 1 amide bonds. The molecule has 3 rings (SSSR count). The molecule has 3 aromatic rings. The van der Waals surface area contributed by atoms with Gasteiger partial charge in [0.1, 0.15) is 23.9 Å². The fourth-order valence-electron chi connectivity index (χ4n) is 2.22. The van der Waals surface area contributed by atoms with Gasteiger partial charge in [-0.05, 0) is 24.3 Å². The molecule has 0 fully saturated rings. The third kappa shape index (κ3) is 2.94. The van der Waals surface area contributed by atoms with Crippen LogP contribution < -0.4 is 10.7 Å². The summed E-state index contributed by atoms with van der Waals surface area (Å²) in [4.78, 5) is 23.8. The first-order chi connectivity index (χ1) is 11.1. The molecule has 1 N–H and O–H groups in total. The van der Waals surface area contributed by atoms with Crippen molar-refractivity contribution in [3.8, 4) is 0 Å². The van der Waals surface area contributed by atoms with E-state index in [-0.39, 0.29) is 12.0 Å². The first-order valence-corrected chi connectivity index (χ1v) is 6.75. The van der Waals surface area contributed by atoms with Crippen LogP contribution in [0, 0.1) is 11.6 Å². The average molecular weight is 315 g/mol. The smallest absolute Gasteiger partial charge is 0.246 e. The second-order valence-corrected chi connectivity index (χ2v) is 4.83. The molecule has 0 bridgehead atoms. The minimum Gasteiger partial charge on any atom is -0.320 e. The molecule has 116 valence electrons. The second-order valence-electron chi connectivity index (χ2n) is 4.83. The summed E-state index contributed by atoms with van der Waals surface area (Å²) >= 11 is 0. The lowest BCUT2D eigenvalue weighted by atomic mass is 10.2. The van der Waals surface area contributed by atoms with Crippen LogP contribution in [0.15, 0.2) is 53.5 Å². The molecule has 0 unspecified atom stereocenters. The number of carbonyl (C=O) groups excluding carboxylic acids is 1. The van der Waals surface area contributed by atoms with E-state index in [9.17, 15) is 18.4 Å². The van der Waals surface area contributed by atoms with Crippen molar-refractivity contribution >= 4 is 22.5 Å². The molecule has 0 atom stereocenters. The highest BCUT2D eigenvalue weighted by molar-refractivity contribution is 5.91. The summed E-state index contributed by atoms with van der Waals surface area (Å²) in [6.07, 6.45) is 1.10. The third-order valence-corrected chi connectivity index (χ3v) is 3.28. The highest BCUT2D eigenvalue weighted by Crippen LogP contribution is 2.18. The molecule has 23 heavy (non-hydrogen) atoms. The van der Waals surface area contributed by atoms with Crippen LogP contribution in [0.1, 0.15) is 0 Å². The summed E-state index contributed by atoms with van der Waals surface area (Å²) in [6.45, 7) is -0.283. The molecule has 0 radical (unpaired) electrons. The Bertz CT molecular complexity index is 933. The maximum absolute atomic E-state index is 13.5. The number of rotatable bonds is 3. The van der Waals surface area contributed by atoms with Gasteiger partial charge in [0, 0.05) is 5.39 Å². The number of hydrogen-bond acceptors (Lipinski definition) is 3. The highest BCUT2D eigenvalue weighted by atomic mass is 19.1. The van der Waals surface area contributed by atoms with E-state index in [1.807, 2.05) is 0 Å². The molecule has 7 heteroatoms. The Kier molecular flexibility index (Phi) is 3.84. The van der Waals surface area contributed by atoms with Gasteiger partial charge in [-0.3, -0.25) is 14.3 Å². The van der Waals surface area contributed by atoms with Gasteiger partial charge < -0.3 is 5.32 Å². The van der Waals surface area contributed by atoms with E-state index >= 15 is 0 Å². The van der Waals surface area contributed by atoms with Crippen LogP contribution in [0.2, 0.25) is 0 Å². The number of anilines is 1. The largest absolute Gasteiger partial charge is 0.320 e. The zero-order valence-electron chi connectivity index (χ0n) is 11.8. The third-order valence-electron chi connectivity index (χ3n) is 3.28. The lowest BCUT2D eigenvalue weighted by molar-refractivity contribution is -0.116. The van der Waals surface area contributed by atoms with Gasteiger partial charge in [-0.2, -0.15) is 5.10 Å². The number of nitrogens with zero attached hydrogens (tertiary/aromatic N) is 2. The molecule has 1 heterocycles. The quantitative estimate of drug-likeness (QED) is 0.807. The van der Waals surface area contributed by atoms with E-state index in [2.05, 4.69) is 10.4 Å². The number of amides is 1. The van der Waals surface area contributed by atoms with Crippen LogP contribution in [-0.4, -0.2) is 15.7 Å². The van der Waals surface area contributed by atoms with E-state index in [1.54, 1.807) is 24.3 Å². The Morgan fingerprint density at radius 3 is 2.52 bits per heavy atom. The Labute approximate surface area is 129 Å². The molecule has 0 aliphatic rings. The zero-order chi connectivity index (χ0) is 16.4. The first kappa shape index (κ1) is 14.8. The van der Waals surface area contributed by atoms with E-state index < -0.39 is 23.2 Å². The molecular weight excluding hydrogens is 304 g/mol. The first-order valence-electron chi connectivity index (χ1n) is 6.75. The monoisotopic (exact) mass is 315 g/mol. The van der Waals surface area contributed by atoms with Gasteiger partial charge in [-0.25, -0.2) is 8.78 Å². The van der Waals surface area contributed by atoms with Crippen molar-refractivity contribution in [3.63, 3.8) is 0 Å². The molecule has 0 saturated heterocycles. The molecule has 2 aromatic carbocycles. The normalized spacial score (nSPS) is 10.7. The molecule has 0 saturated carbocycles. The number of fused-ring (bicyclic) bond motifs is 1. The van der Waals surface area contributed by atoms with Crippen molar-refractivity contribution in [2.24, 2.45) is 0 Å². The summed E-state index contributed by atoms with van der Waals surface area (Å²) in [6, 6.07) is 9.96. The Balaban J connectivity index is 1.90. The van der Waals surface area contributed by atoms with Crippen molar-refractivity contribution in [3.05, 3.63) is 70.5 Å². The zero-order valence-corrected chi connectivity index (χ0v) is 11.8. The van der Waals surface area contributed by atoms with Crippen LogP contribution in [0.5, 0.6) is 0 Å². The van der Waals surface area contributed by atoms with Gasteiger partial charge in [-0.15, -0.1) is 0 Å². The Hall–Kier alpha value is -3.09. The van der Waals surface area contributed by atoms with Gasteiger partial charge in [0.25, 0.3) is 0 Å². The number of halogens is 2. The van der Waals surface area contributed by atoms with Gasteiger partial charge in [-0.1, -0.05) is 18.2 Å². The Morgan fingerprint density at radius 1 is 1.09 bits per heavy atom. The topological polar surface area (TPSA) is 64.0 Å². The van der Waals surface area contributed by atoms with Crippen LogP contribution in [0.3, 0.4) is 0 Å². The molecule has 0 aliphatic heterocycles. The summed E-state index contributed by atoms with van der Waals surface area (Å²) in [7, 11) is 0. The minimum atomic E-state index is -0.865. The highest BCUT2D eigenvalue weighted by Gasteiger charge is 2.13. The van der Waals surface area contributed by atoms with Crippen LogP contribution >= 0.6 is 0 Å². The number of para-hydroxylation sites is 2. The van der Waals surface area contributed by atoms with Crippen LogP contribution in [0.4, 0.5) is 14.5 Å². The molecular formula is C16H11F2N3O2. The number of carbonyl (C=O) groups is 1. The lowest BCUT2D eigenvalue weighted by Gasteiger charge is -2.10. The van der Waals surface area contributed by atoms with Crippen LogP contribution in [-0.2, 0) is 11.3 Å². The van der Waals surface area contributed by atoms with Crippen molar-refractivity contribution in [2.45, 2.75) is 6.54 Å². The van der Waals surface area contributed by atoms with E-state index in [4.69, 9.17) is 0 Å².